The summed E-state index contributed by atoms with van der Waals surface area (Å²) < 4.78 is 0. The first-order chi connectivity index (χ1) is 13.9. The molecule has 5 heteroatoms. The van der Waals surface area contributed by atoms with Crippen molar-refractivity contribution in [2.75, 3.05) is 5.32 Å². The Kier molecular flexibility index (Phi) is 6.39. The van der Waals surface area contributed by atoms with Crippen LogP contribution in [-0.4, -0.2) is 27.6 Å². The summed E-state index contributed by atoms with van der Waals surface area (Å²) in [7, 11) is 0. The minimum atomic E-state index is -0.0475. The van der Waals surface area contributed by atoms with Crippen molar-refractivity contribution in [1.29, 1.82) is 0 Å². The van der Waals surface area contributed by atoms with Crippen LogP contribution in [0.4, 0.5) is 11.5 Å². The Hall–Kier alpha value is -3.47. The first-order valence-corrected chi connectivity index (χ1v) is 9.63. The average Bonchev–Trinajstić information content (AvgIpc) is 2.73. The molecule has 0 bridgehead atoms. The number of benzene rings is 2. The molecule has 1 aromatic heterocycles. The fourth-order valence-electron chi connectivity index (χ4n) is 2.97. The SMILES string of the molecule is CC(=O)c1ccc(Nc2ccc(C(=O)N(Cc3ccccc3)C(C)C)cn2)cc1. The number of nitrogens with one attached hydrogen (secondary N) is 1. The molecule has 0 aliphatic rings. The molecule has 0 aliphatic heterocycles. The van der Waals surface area contributed by atoms with E-state index in [4.69, 9.17) is 0 Å². The highest BCUT2D eigenvalue weighted by molar-refractivity contribution is 5.95. The maximum atomic E-state index is 13.0. The summed E-state index contributed by atoms with van der Waals surface area (Å²) in [5, 5.41) is 3.18. The van der Waals surface area contributed by atoms with Gasteiger partial charge in [0, 0.05) is 30.0 Å². The largest absolute Gasteiger partial charge is 0.340 e. The topological polar surface area (TPSA) is 62.3 Å². The van der Waals surface area contributed by atoms with Crippen LogP contribution in [0.2, 0.25) is 0 Å². The highest BCUT2D eigenvalue weighted by atomic mass is 16.2. The van der Waals surface area contributed by atoms with E-state index in [0.717, 1.165) is 11.3 Å². The number of hydrogen-bond acceptors (Lipinski definition) is 4. The van der Waals surface area contributed by atoms with Gasteiger partial charge in [-0.2, -0.15) is 0 Å². The number of anilines is 2. The van der Waals surface area contributed by atoms with Crippen LogP contribution in [0.5, 0.6) is 0 Å². The van der Waals surface area contributed by atoms with Crippen molar-refractivity contribution in [3.05, 3.63) is 89.6 Å². The lowest BCUT2D eigenvalue weighted by molar-refractivity contribution is 0.0690. The molecule has 0 fully saturated rings. The second-order valence-corrected chi connectivity index (χ2v) is 7.20. The van der Waals surface area contributed by atoms with E-state index >= 15 is 0 Å². The van der Waals surface area contributed by atoms with E-state index in [-0.39, 0.29) is 17.7 Å². The van der Waals surface area contributed by atoms with Crippen molar-refractivity contribution in [1.82, 2.24) is 9.88 Å². The summed E-state index contributed by atoms with van der Waals surface area (Å²) >= 11 is 0. The predicted molar refractivity (Wildman–Crippen MR) is 115 cm³/mol. The van der Waals surface area contributed by atoms with Gasteiger partial charge < -0.3 is 10.2 Å². The average molecular weight is 387 g/mol. The molecule has 148 valence electrons. The predicted octanol–water partition coefficient (Wildman–Crippen LogP) is 5.08. The summed E-state index contributed by atoms with van der Waals surface area (Å²) in [6.45, 7) is 6.11. The molecule has 3 rings (SSSR count). The fourth-order valence-corrected chi connectivity index (χ4v) is 2.97. The van der Waals surface area contributed by atoms with Crippen molar-refractivity contribution in [2.24, 2.45) is 0 Å². The number of Topliss-reactive ketones (excluding diaryl/α,β-unsaturated/α-hetero) is 1. The van der Waals surface area contributed by atoms with Crippen LogP contribution in [0.1, 0.15) is 47.1 Å². The van der Waals surface area contributed by atoms with Gasteiger partial charge in [0.1, 0.15) is 5.82 Å². The van der Waals surface area contributed by atoms with E-state index in [9.17, 15) is 9.59 Å². The van der Waals surface area contributed by atoms with E-state index in [1.54, 1.807) is 30.5 Å². The molecule has 0 saturated carbocycles. The molecule has 2 aromatic carbocycles. The van der Waals surface area contributed by atoms with Gasteiger partial charge in [0.25, 0.3) is 5.91 Å². The molecule has 0 aliphatic carbocycles. The zero-order valence-corrected chi connectivity index (χ0v) is 16.9. The van der Waals surface area contributed by atoms with Gasteiger partial charge in [0.2, 0.25) is 0 Å². The van der Waals surface area contributed by atoms with Gasteiger partial charge in [-0.1, -0.05) is 30.3 Å². The van der Waals surface area contributed by atoms with Crippen LogP contribution in [0.3, 0.4) is 0 Å². The maximum Gasteiger partial charge on any atom is 0.255 e. The zero-order valence-electron chi connectivity index (χ0n) is 16.9. The number of hydrogen-bond donors (Lipinski definition) is 1. The first-order valence-electron chi connectivity index (χ1n) is 9.63. The molecular weight excluding hydrogens is 362 g/mol. The lowest BCUT2D eigenvalue weighted by Gasteiger charge is -2.27. The van der Waals surface area contributed by atoms with Gasteiger partial charge in [0.05, 0.1) is 5.56 Å². The van der Waals surface area contributed by atoms with Crippen LogP contribution in [0.25, 0.3) is 0 Å². The third-order valence-electron chi connectivity index (χ3n) is 4.65. The number of rotatable bonds is 7. The fraction of sp³-hybridized carbons (Fsp3) is 0.208. The third-order valence-corrected chi connectivity index (χ3v) is 4.65. The van der Waals surface area contributed by atoms with Crippen LogP contribution in [0, 0.1) is 0 Å². The van der Waals surface area contributed by atoms with Gasteiger partial charge in [-0.3, -0.25) is 9.59 Å². The van der Waals surface area contributed by atoms with Crippen molar-refractivity contribution < 1.29 is 9.59 Å². The van der Waals surface area contributed by atoms with Crippen molar-refractivity contribution >= 4 is 23.2 Å². The highest BCUT2D eigenvalue weighted by Crippen LogP contribution is 2.18. The summed E-state index contributed by atoms with van der Waals surface area (Å²) in [5.41, 5.74) is 3.13. The van der Waals surface area contributed by atoms with Gasteiger partial charge >= 0.3 is 0 Å². The maximum absolute atomic E-state index is 13.0. The number of nitrogens with zero attached hydrogens (tertiary/aromatic N) is 2. The molecule has 0 atom stereocenters. The monoisotopic (exact) mass is 387 g/mol. The van der Waals surface area contributed by atoms with E-state index in [2.05, 4.69) is 10.3 Å². The van der Waals surface area contributed by atoms with E-state index in [0.29, 0.717) is 23.5 Å². The number of carbonyl (C=O) groups is 2. The zero-order chi connectivity index (χ0) is 20.8. The number of amides is 1. The highest BCUT2D eigenvalue weighted by Gasteiger charge is 2.19. The van der Waals surface area contributed by atoms with Crippen LogP contribution in [-0.2, 0) is 6.54 Å². The molecule has 0 unspecified atom stereocenters. The first kappa shape index (κ1) is 20.3. The number of ketones is 1. The Labute approximate surface area is 171 Å². The van der Waals surface area contributed by atoms with Gasteiger partial charge in [0.15, 0.2) is 5.78 Å². The van der Waals surface area contributed by atoms with Crippen LogP contribution in [0.15, 0.2) is 72.9 Å². The summed E-state index contributed by atoms with van der Waals surface area (Å²) in [5.74, 6) is 0.618. The molecule has 5 nitrogen and oxygen atoms in total. The standard InChI is InChI=1S/C24H25N3O2/c1-17(2)27(16-19-7-5-4-6-8-19)24(29)21-11-14-23(25-15-21)26-22-12-9-20(10-13-22)18(3)28/h4-15,17H,16H2,1-3H3,(H,25,26). The molecule has 0 radical (unpaired) electrons. The third kappa shape index (κ3) is 5.29. The number of carbonyl (C=O) groups excluding carboxylic acids is 2. The second kappa shape index (κ2) is 9.15. The molecule has 0 spiro atoms. The van der Waals surface area contributed by atoms with Crippen molar-refractivity contribution in [2.45, 2.75) is 33.4 Å². The van der Waals surface area contributed by atoms with Gasteiger partial charge in [-0.25, -0.2) is 4.98 Å². The number of pyridine rings is 1. The quantitative estimate of drug-likeness (QED) is 0.574. The lowest BCUT2D eigenvalue weighted by Crippen LogP contribution is -2.36. The second-order valence-electron chi connectivity index (χ2n) is 7.20. The summed E-state index contributed by atoms with van der Waals surface area (Å²) in [6, 6.07) is 20.8. The Morgan fingerprint density at radius 1 is 0.931 bits per heavy atom. The van der Waals surface area contributed by atoms with Crippen LogP contribution >= 0.6 is 0 Å². The van der Waals surface area contributed by atoms with E-state index in [1.165, 1.54) is 6.92 Å². The minimum Gasteiger partial charge on any atom is -0.340 e. The molecule has 0 saturated heterocycles. The van der Waals surface area contributed by atoms with E-state index < -0.39 is 0 Å². The van der Waals surface area contributed by atoms with Crippen molar-refractivity contribution in [3.63, 3.8) is 0 Å². The molecule has 3 aromatic rings. The molecular formula is C24H25N3O2. The molecule has 1 N–H and O–H groups in total. The Morgan fingerprint density at radius 2 is 1.59 bits per heavy atom. The van der Waals surface area contributed by atoms with Gasteiger partial charge in [-0.05, 0) is 62.7 Å². The number of aromatic nitrogens is 1. The van der Waals surface area contributed by atoms with E-state index in [1.807, 2.05) is 61.2 Å². The molecule has 1 heterocycles. The lowest BCUT2D eigenvalue weighted by atomic mass is 10.1. The van der Waals surface area contributed by atoms with Crippen LogP contribution < -0.4 is 5.32 Å². The normalized spacial score (nSPS) is 10.6. The molecule has 29 heavy (non-hydrogen) atoms. The minimum absolute atomic E-state index is 0.0303. The van der Waals surface area contributed by atoms with Gasteiger partial charge in [-0.15, -0.1) is 0 Å². The van der Waals surface area contributed by atoms with Crippen molar-refractivity contribution in [3.8, 4) is 0 Å². The summed E-state index contributed by atoms with van der Waals surface area (Å²) in [6.07, 6.45) is 1.59. The Morgan fingerprint density at radius 3 is 2.14 bits per heavy atom. The summed E-state index contributed by atoms with van der Waals surface area (Å²) in [4.78, 5) is 30.6. The molecule has 1 amide bonds. The Bertz CT molecular complexity index is 965. The Balaban J connectivity index is 1.70. The smallest absolute Gasteiger partial charge is 0.255 e.